The zero-order valence-corrected chi connectivity index (χ0v) is 8.10. The Kier molecular flexibility index (Phi) is 2.30. The summed E-state index contributed by atoms with van der Waals surface area (Å²) in [7, 11) is 0. The van der Waals surface area contributed by atoms with Crippen LogP contribution in [0.2, 0.25) is 0 Å². The first-order valence-electron chi connectivity index (χ1n) is 4.61. The van der Waals surface area contributed by atoms with Crippen molar-refractivity contribution in [2.24, 2.45) is 5.92 Å². The van der Waals surface area contributed by atoms with Crippen LogP contribution in [0.15, 0.2) is 12.1 Å². The molecule has 80 valence electrons. The molecule has 2 N–H and O–H groups in total. The lowest BCUT2D eigenvalue weighted by atomic mass is 10.2. The smallest absolute Gasteiger partial charge is 0.229 e. The zero-order chi connectivity index (χ0) is 11.0. The van der Waals surface area contributed by atoms with Crippen molar-refractivity contribution in [2.75, 3.05) is 17.2 Å². The third-order valence-electron chi connectivity index (χ3n) is 2.35. The van der Waals surface area contributed by atoms with Crippen LogP contribution in [0.4, 0.5) is 20.2 Å². The molecule has 1 atom stereocenters. The van der Waals surface area contributed by atoms with Gasteiger partial charge in [-0.2, -0.15) is 0 Å². The highest BCUT2D eigenvalue weighted by Gasteiger charge is 2.22. The van der Waals surface area contributed by atoms with E-state index in [1.807, 2.05) is 0 Å². The minimum absolute atomic E-state index is 0.0192. The molecule has 1 amide bonds. The van der Waals surface area contributed by atoms with Gasteiger partial charge in [-0.25, -0.2) is 8.78 Å². The van der Waals surface area contributed by atoms with Crippen molar-refractivity contribution in [1.29, 1.82) is 0 Å². The van der Waals surface area contributed by atoms with Gasteiger partial charge in [-0.1, -0.05) is 6.92 Å². The van der Waals surface area contributed by atoms with Crippen LogP contribution in [0.25, 0.3) is 0 Å². The van der Waals surface area contributed by atoms with Crippen molar-refractivity contribution in [3.63, 3.8) is 0 Å². The van der Waals surface area contributed by atoms with E-state index in [0.717, 1.165) is 12.1 Å². The highest BCUT2D eigenvalue weighted by molar-refractivity contribution is 5.97. The van der Waals surface area contributed by atoms with Crippen molar-refractivity contribution < 1.29 is 13.6 Å². The second-order valence-corrected chi connectivity index (χ2v) is 3.58. The molecular formula is C10H10F2N2O. The van der Waals surface area contributed by atoms with Crippen LogP contribution in [-0.2, 0) is 4.79 Å². The molecule has 1 unspecified atom stereocenters. The summed E-state index contributed by atoms with van der Waals surface area (Å²) in [6.45, 7) is 2.07. The van der Waals surface area contributed by atoms with E-state index in [-0.39, 0.29) is 23.2 Å². The number of anilines is 2. The normalized spacial score (nSPS) is 19.9. The Labute approximate surface area is 85.5 Å². The predicted octanol–water partition coefficient (Wildman–Crippen LogP) is 1.96. The van der Waals surface area contributed by atoms with Crippen LogP contribution in [0.1, 0.15) is 6.92 Å². The second kappa shape index (κ2) is 3.49. The van der Waals surface area contributed by atoms with Gasteiger partial charge in [-0.15, -0.1) is 0 Å². The van der Waals surface area contributed by atoms with Gasteiger partial charge in [-0.05, 0) is 6.07 Å². The summed E-state index contributed by atoms with van der Waals surface area (Å²) in [5.74, 6) is -1.98. The molecule has 1 aromatic rings. The fourth-order valence-corrected chi connectivity index (χ4v) is 1.44. The standard InChI is InChI=1S/C10H10F2N2O/c1-5-4-13-8-3-6(11)2-7(12)9(8)14-10(5)15/h2-3,5,13H,4H2,1H3,(H,14,15). The monoisotopic (exact) mass is 212 g/mol. The first-order valence-corrected chi connectivity index (χ1v) is 4.61. The van der Waals surface area contributed by atoms with E-state index in [0.29, 0.717) is 6.54 Å². The zero-order valence-electron chi connectivity index (χ0n) is 8.10. The Balaban J connectivity index is 2.47. The van der Waals surface area contributed by atoms with Gasteiger partial charge in [0.15, 0.2) is 5.82 Å². The molecule has 0 saturated carbocycles. The van der Waals surface area contributed by atoms with E-state index < -0.39 is 11.6 Å². The lowest BCUT2D eigenvalue weighted by Crippen LogP contribution is -2.22. The molecule has 0 saturated heterocycles. The largest absolute Gasteiger partial charge is 0.382 e. The molecule has 15 heavy (non-hydrogen) atoms. The summed E-state index contributed by atoms with van der Waals surface area (Å²) in [5.41, 5.74) is 0.302. The maximum absolute atomic E-state index is 13.3. The third-order valence-corrected chi connectivity index (χ3v) is 2.35. The summed E-state index contributed by atoms with van der Waals surface area (Å²) >= 11 is 0. The lowest BCUT2D eigenvalue weighted by Gasteiger charge is -2.08. The molecule has 0 spiro atoms. The van der Waals surface area contributed by atoms with Crippen LogP contribution in [0, 0.1) is 17.6 Å². The Morgan fingerprint density at radius 2 is 2.13 bits per heavy atom. The molecule has 1 aliphatic rings. The van der Waals surface area contributed by atoms with Crippen LogP contribution in [0.3, 0.4) is 0 Å². The van der Waals surface area contributed by atoms with Gasteiger partial charge in [0.2, 0.25) is 5.91 Å². The molecule has 3 nitrogen and oxygen atoms in total. The van der Waals surface area contributed by atoms with Gasteiger partial charge in [0.05, 0.1) is 11.6 Å². The minimum atomic E-state index is -0.764. The lowest BCUT2D eigenvalue weighted by molar-refractivity contribution is -0.118. The summed E-state index contributed by atoms with van der Waals surface area (Å²) < 4.78 is 26.2. The van der Waals surface area contributed by atoms with Crippen LogP contribution >= 0.6 is 0 Å². The highest BCUT2D eigenvalue weighted by atomic mass is 19.1. The van der Waals surface area contributed by atoms with Crippen molar-refractivity contribution in [1.82, 2.24) is 0 Å². The van der Waals surface area contributed by atoms with Gasteiger partial charge < -0.3 is 10.6 Å². The fourth-order valence-electron chi connectivity index (χ4n) is 1.44. The Morgan fingerprint density at radius 1 is 1.40 bits per heavy atom. The van der Waals surface area contributed by atoms with Crippen molar-refractivity contribution in [3.05, 3.63) is 23.8 Å². The average Bonchev–Trinajstić information content (AvgIpc) is 2.30. The number of rotatable bonds is 0. The number of nitrogens with one attached hydrogen (secondary N) is 2. The van der Waals surface area contributed by atoms with Gasteiger partial charge >= 0.3 is 0 Å². The molecule has 0 radical (unpaired) electrons. The summed E-state index contributed by atoms with van der Waals surface area (Å²) in [4.78, 5) is 11.4. The molecule has 0 bridgehead atoms. The predicted molar refractivity (Wildman–Crippen MR) is 52.6 cm³/mol. The summed E-state index contributed by atoms with van der Waals surface area (Å²) in [6.07, 6.45) is 0. The number of carbonyl (C=O) groups excluding carboxylic acids is 1. The van der Waals surface area contributed by atoms with E-state index in [9.17, 15) is 13.6 Å². The number of hydrogen-bond acceptors (Lipinski definition) is 2. The maximum atomic E-state index is 13.3. The molecule has 1 heterocycles. The molecule has 1 aromatic carbocycles. The van der Waals surface area contributed by atoms with E-state index in [1.54, 1.807) is 6.92 Å². The van der Waals surface area contributed by atoms with E-state index >= 15 is 0 Å². The summed E-state index contributed by atoms with van der Waals surface area (Å²) in [6, 6.07) is 1.91. The van der Waals surface area contributed by atoms with Crippen LogP contribution < -0.4 is 10.6 Å². The number of fused-ring (bicyclic) bond motifs is 1. The first kappa shape index (κ1) is 9.89. The number of amides is 1. The molecule has 2 rings (SSSR count). The van der Waals surface area contributed by atoms with E-state index in [2.05, 4.69) is 10.6 Å². The molecule has 0 aliphatic carbocycles. The Hall–Kier alpha value is -1.65. The Bertz CT molecular complexity index is 420. The van der Waals surface area contributed by atoms with E-state index in [1.165, 1.54) is 0 Å². The number of hydrogen-bond donors (Lipinski definition) is 2. The van der Waals surface area contributed by atoms with Crippen molar-refractivity contribution >= 4 is 17.3 Å². The number of carbonyl (C=O) groups is 1. The van der Waals surface area contributed by atoms with Crippen molar-refractivity contribution in [3.8, 4) is 0 Å². The van der Waals surface area contributed by atoms with Gasteiger partial charge in [0.25, 0.3) is 0 Å². The van der Waals surface area contributed by atoms with Crippen LogP contribution in [0.5, 0.6) is 0 Å². The summed E-state index contributed by atoms with van der Waals surface area (Å²) in [5, 5.41) is 5.25. The van der Waals surface area contributed by atoms with Gasteiger partial charge in [0, 0.05) is 12.6 Å². The second-order valence-electron chi connectivity index (χ2n) is 3.58. The number of benzene rings is 1. The first-order chi connectivity index (χ1) is 7.08. The molecule has 5 heteroatoms. The third kappa shape index (κ3) is 1.77. The van der Waals surface area contributed by atoms with Gasteiger partial charge in [0.1, 0.15) is 11.5 Å². The molecule has 0 fully saturated rings. The Morgan fingerprint density at radius 3 is 2.87 bits per heavy atom. The molecule has 0 aromatic heterocycles. The average molecular weight is 212 g/mol. The van der Waals surface area contributed by atoms with Gasteiger partial charge in [-0.3, -0.25) is 4.79 Å². The quantitative estimate of drug-likeness (QED) is 0.690. The molecule has 1 aliphatic heterocycles. The highest BCUT2D eigenvalue weighted by Crippen LogP contribution is 2.29. The SMILES string of the molecule is CC1CNc2cc(F)cc(F)c2NC1=O. The minimum Gasteiger partial charge on any atom is -0.382 e. The van der Waals surface area contributed by atoms with E-state index in [4.69, 9.17) is 0 Å². The fraction of sp³-hybridized carbons (Fsp3) is 0.300. The molecular weight excluding hydrogens is 202 g/mol. The van der Waals surface area contributed by atoms with Crippen molar-refractivity contribution in [2.45, 2.75) is 6.92 Å². The number of halogens is 2. The maximum Gasteiger partial charge on any atom is 0.229 e. The topological polar surface area (TPSA) is 41.1 Å². The van der Waals surface area contributed by atoms with Crippen LogP contribution in [-0.4, -0.2) is 12.5 Å².